The van der Waals surface area contributed by atoms with Crippen LogP contribution in [0.3, 0.4) is 0 Å². The van der Waals surface area contributed by atoms with Gasteiger partial charge in [0.15, 0.2) is 0 Å². The second-order valence-electron chi connectivity index (χ2n) is 3.96. The molecule has 0 aliphatic carbocycles. The molecular weight excluding hydrogens is 292 g/mol. The van der Waals surface area contributed by atoms with E-state index >= 15 is 0 Å². The number of carbonyl (C=O) groups excluding carboxylic acids is 1. The third-order valence-corrected chi connectivity index (χ3v) is 3.80. The van der Waals surface area contributed by atoms with E-state index in [1.165, 1.54) is 0 Å². The van der Waals surface area contributed by atoms with Crippen LogP contribution in [0.25, 0.3) is 0 Å². The minimum absolute atomic E-state index is 0.107. The summed E-state index contributed by atoms with van der Waals surface area (Å²) in [6, 6.07) is 5.69. The Kier molecular flexibility index (Phi) is 4.17. The van der Waals surface area contributed by atoms with E-state index in [4.69, 9.17) is 11.6 Å². The number of benzene rings is 1. The van der Waals surface area contributed by atoms with Crippen LogP contribution in [0.4, 0.5) is 8.78 Å². The molecule has 0 saturated carbocycles. The lowest BCUT2D eigenvalue weighted by molar-refractivity contribution is 0.0943. The first-order valence-corrected chi connectivity index (χ1v) is 6.68. The third-order valence-electron chi connectivity index (χ3n) is 2.57. The maximum Gasteiger partial charge on any atom is 0.261 e. The number of amides is 1. The second-order valence-corrected chi connectivity index (χ2v) is 5.68. The average molecular weight is 302 g/mol. The highest BCUT2D eigenvalue weighted by Crippen LogP contribution is 2.23. The van der Waals surface area contributed by atoms with E-state index in [1.54, 1.807) is 19.1 Å². The van der Waals surface area contributed by atoms with Crippen LogP contribution in [0.2, 0.25) is 4.34 Å². The zero-order valence-corrected chi connectivity index (χ0v) is 11.5. The number of nitrogens with one attached hydrogen (secondary N) is 1. The Morgan fingerprint density at radius 3 is 2.68 bits per heavy atom. The SMILES string of the molecule is CC(NC(=O)c1ccc(Cl)s1)c1cc(F)ccc1F. The van der Waals surface area contributed by atoms with Gasteiger partial charge in [0.05, 0.1) is 15.3 Å². The fourth-order valence-corrected chi connectivity index (χ4v) is 2.57. The Balaban J connectivity index is 2.14. The van der Waals surface area contributed by atoms with Crippen molar-refractivity contribution in [1.29, 1.82) is 0 Å². The molecule has 100 valence electrons. The first kappa shape index (κ1) is 14.0. The van der Waals surface area contributed by atoms with Gasteiger partial charge in [-0.1, -0.05) is 11.6 Å². The maximum absolute atomic E-state index is 13.5. The Hall–Kier alpha value is -1.46. The molecule has 0 aliphatic heterocycles. The van der Waals surface area contributed by atoms with Gasteiger partial charge in [-0.2, -0.15) is 0 Å². The molecule has 0 spiro atoms. The Labute approximate surface area is 118 Å². The summed E-state index contributed by atoms with van der Waals surface area (Å²) in [7, 11) is 0. The van der Waals surface area contributed by atoms with Gasteiger partial charge >= 0.3 is 0 Å². The predicted molar refractivity (Wildman–Crippen MR) is 71.6 cm³/mol. The van der Waals surface area contributed by atoms with E-state index in [1.807, 2.05) is 0 Å². The highest BCUT2D eigenvalue weighted by Gasteiger charge is 2.16. The number of thiophene rings is 1. The molecule has 0 aliphatic rings. The smallest absolute Gasteiger partial charge is 0.261 e. The summed E-state index contributed by atoms with van der Waals surface area (Å²) in [5.41, 5.74) is 0.107. The van der Waals surface area contributed by atoms with E-state index < -0.39 is 17.7 Å². The molecule has 1 aromatic heterocycles. The monoisotopic (exact) mass is 301 g/mol. The molecule has 0 saturated heterocycles. The molecule has 2 nitrogen and oxygen atoms in total. The van der Waals surface area contributed by atoms with E-state index in [0.29, 0.717) is 9.21 Å². The first-order valence-electron chi connectivity index (χ1n) is 5.48. The summed E-state index contributed by atoms with van der Waals surface area (Å²) in [4.78, 5) is 12.3. The molecule has 19 heavy (non-hydrogen) atoms. The van der Waals surface area contributed by atoms with E-state index in [9.17, 15) is 13.6 Å². The molecule has 1 heterocycles. The minimum atomic E-state index is -0.635. The minimum Gasteiger partial charge on any atom is -0.345 e. The summed E-state index contributed by atoms with van der Waals surface area (Å²) in [5, 5.41) is 2.60. The molecule has 1 atom stereocenters. The molecule has 2 rings (SSSR count). The van der Waals surface area contributed by atoms with Crippen molar-refractivity contribution >= 4 is 28.8 Å². The third kappa shape index (κ3) is 3.30. The topological polar surface area (TPSA) is 29.1 Å². The van der Waals surface area contributed by atoms with Gasteiger partial charge in [-0.3, -0.25) is 4.79 Å². The van der Waals surface area contributed by atoms with Crippen molar-refractivity contribution in [2.24, 2.45) is 0 Å². The van der Waals surface area contributed by atoms with Crippen molar-refractivity contribution < 1.29 is 13.6 Å². The molecular formula is C13H10ClF2NOS. The second kappa shape index (κ2) is 5.67. The summed E-state index contributed by atoms with van der Waals surface area (Å²) in [6.07, 6.45) is 0. The first-order chi connectivity index (χ1) is 8.97. The van der Waals surface area contributed by atoms with Gasteiger partial charge < -0.3 is 5.32 Å². The van der Waals surface area contributed by atoms with Crippen LogP contribution in [0.5, 0.6) is 0 Å². The van der Waals surface area contributed by atoms with E-state index in [0.717, 1.165) is 29.5 Å². The Morgan fingerprint density at radius 2 is 2.05 bits per heavy atom. The molecule has 0 radical (unpaired) electrons. The van der Waals surface area contributed by atoms with Crippen molar-refractivity contribution in [3.63, 3.8) is 0 Å². The molecule has 1 N–H and O–H groups in total. The number of hydrogen-bond donors (Lipinski definition) is 1. The standard InChI is InChI=1S/C13H10ClF2NOS/c1-7(9-6-8(15)2-3-10(9)16)17-13(18)11-4-5-12(14)19-11/h2-7H,1H3,(H,17,18). The van der Waals surface area contributed by atoms with Gasteiger partial charge in [0.2, 0.25) is 0 Å². The summed E-state index contributed by atoms with van der Waals surface area (Å²) in [6.45, 7) is 1.59. The van der Waals surface area contributed by atoms with Crippen molar-refractivity contribution in [1.82, 2.24) is 5.32 Å². The van der Waals surface area contributed by atoms with Gasteiger partial charge in [-0.25, -0.2) is 8.78 Å². The number of halogens is 3. The zero-order valence-electron chi connectivity index (χ0n) is 9.91. The molecule has 0 bridgehead atoms. The van der Waals surface area contributed by atoms with E-state index in [-0.39, 0.29) is 11.5 Å². The van der Waals surface area contributed by atoms with Gasteiger partial charge in [-0.15, -0.1) is 11.3 Å². The van der Waals surface area contributed by atoms with Gasteiger partial charge in [0.1, 0.15) is 11.6 Å². The fraction of sp³-hybridized carbons (Fsp3) is 0.154. The van der Waals surface area contributed by atoms with Crippen LogP contribution in [-0.2, 0) is 0 Å². The van der Waals surface area contributed by atoms with Crippen LogP contribution in [0, 0.1) is 11.6 Å². The largest absolute Gasteiger partial charge is 0.345 e. The highest BCUT2D eigenvalue weighted by molar-refractivity contribution is 7.17. The lowest BCUT2D eigenvalue weighted by Crippen LogP contribution is -2.26. The quantitative estimate of drug-likeness (QED) is 0.905. The average Bonchev–Trinajstić information content (AvgIpc) is 2.79. The van der Waals surface area contributed by atoms with Gasteiger partial charge in [0, 0.05) is 5.56 Å². The molecule has 1 aromatic carbocycles. The number of carbonyl (C=O) groups is 1. The highest BCUT2D eigenvalue weighted by atomic mass is 35.5. The zero-order chi connectivity index (χ0) is 14.0. The van der Waals surface area contributed by atoms with Crippen LogP contribution >= 0.6 is 22.9 Å². The predicted octanol–water partition coefficient (Wildman–Crippen LogP) is 4.17. The fourth-order valence-electron chi connectivity index (χ4n) is 1.63. The normalized spacial score (nSPS) is 12.2. The van der Waals surface area contributed by atoms with Crippen LogP contribution < -0.4 is 5.32 Å². The van der Waals surface area contributed by atoms with Crippen molar-refractivity contribution in [3.8, 4) is 0 Å². The van der Waals surface area contributed by atoms with E-state index in [2.05, 4.69) is 5.32 Å². The van der Waals surface area contributed by atoms with Crippen molar-refractivity contribution in [2.45, 2.75) is 13.0 Å². The Bertz CT molecular complexity index is 614. The summed E-state index contributed by atoms with van der Waals surface area (Å²) >= 11 is 6.86. The van der Waals surface area contributed by atoms with Gasteiger partial charge in [0.25, 0.3) is 5.91 Å². The molecule has 1 amide bonds. The lowest BCUT2D eigenvalue weighted by Gasteiger charge is -2.14. The number of hydrogen-bond acceptors (Lipinski definition) is 2. The van der Waals surface area contributed by atoms with Crippen LogP contribution in [0.15, 0.2) is 30.3 Å². The molecule has 0 fully saturated rings. The maximum atomic E-state index is 13.5. The molecule has 2 aromatic rings. The number of rotatable bonds is 3. The molecule has 6 heteroatoms. The Morgan fingerprint density at radius 1 is 1.32 bits per heavy atom. The van der Waals surface area contributed by atoms with Crippen LogP contribution in [0.1, 0.15) is 28.2 Å². The lowest BCUT2D eigenvalue weighted by atomic mass is 10.1. The van der Waals surface area contributed by atoms with Gasteiger partial charge in [-0.05, 0) is 37.3 Å². The van der Waals surface area contributed by atoms with Crippen molar-refractivity contribution in [2.75, 3.05) is 0 Å². The molecule has 1 unspecified atom stereocenters. The van der Waals surface area contributed by atoms with Crippen LogP contribution in [-0.4, -0.2) is 5.91 Å². The summed E-state index contributed by atoms with van der Waals surface area (Å²) in [5.74, 6) is -1.47. The van der Waals surface area contributed by atoms with Crippen molar-refractivity contribution in [3.05, 3.63) is 56.7 Å². The summed E-state index contributed by atoms with van der Waals surface area (Å²) < 4.78 is 27.1.